The fourth-order valence-corrected chi connectivity index (χ4v) is 3.91. The number of carbonyl (C=O) groups excluding carboxylic acids is 1. The van der Waals surface area contributed by atoms with E-state index >= 15 is 0 Å². The fraction of sp³-hybridized carbons (Fsp3) is 0.792. The van der Waals surface area contributed by atoms with E-state index in [4.69, 9.17) is 18.9 Å². The maximum Gasteiger partial charge on any atom is 0.302 e. The highest BCUT2D eigenvalue weighted by Crippen LogP contribution is 2.35. The van der Waals surface area contributed by atoms with E-state index in [1.807, 2.05) is 13.0 Å². The third-order valence-electron chi connectivity index (χ3n) is 6.24. The average molecular weight is 427 g/mol. The van der Waals surface area contributed by atoms with Crippen molar-refractivity contribution in [1.82, 2.24) is 0 Å². The number of hydrogen-bond acceptors (Lipinski definition) is 6. The maximum atomic E-state index is 10.9. The number of aliphatic hydroxyl groups is 1. The molecule has 0 spiro atoms. The van der Waals surface area contributed by atoms with E-state index in [0.29, 0.717) is 19.4 Å². The molecule has 1 N–H and O–H groups in total. The lowest BCUT2D eigenvalue weighted by Gasteiger charge is -2.37. The molecule has 0 aromatic carbocycles. The van der Waals surface area contributed by atoms with Gasteiger partial charge in [0.05, 0.1) is 18.3 Å². The van der Waals surface area contributed by atoms with Crippen LogP contribution in [0.5, 0.6) is 0 Å². The summed E-state index contributed by atoms with van der Waals surface area (Å²) in [5.74, 6) is -0.754. The molecule has 1 fully saturated rings. The number of esters is 1. The molecule has 0 aromatic rings. The Kier molecular flexibility index (Phi) is 11.3. The lowest BCUT2D eigenvalue weighted by molar-refractivity contribution is -0.236. The largest absolute Gasteiger partial charge is 0.462 e. The topological polar surface area (TPSA) is 74.2 Å². The van der Waals surface area contributed by atoms with E-state index in [-0.39, 0.29) is 18.5 Å². The van der Waals surface area contributed by atoms with Crippen molar-refractivity contribution < 1.29 is 28.8 Å². The molecule has 0 aromatic heterocycles. The molecule has 1 rings (SSSR count). The minimum atomic E-state index is -0.645. The SMILES string of the molecule is COC(CC=C(C)C)(OC)C(C)CCC[C@]1(C)OC/C(=C/COC(C)=O)CC[C@H]1O. The first-order valence-electron chi connectivity index (χ1n) is 11.0. The smallest absolute Gasteiger partial charge is 0.302 e. The van der Waals surface area contributed by atoms with Gasteiger partial charge < -0.3 is 24.1 Å². The number of carbonyl (C=O) groups is 1. The van der Waals surface area contributed by atoms with Crippen molar-refractivity contribution in [3.63, 3.8) is 0 Å². The first-order valence-corrected chi connectivity index (χ1v) is 11.0. The first kappa shape index (κ1) is 26.8. The van der Waals surface area contributed by atoms with Gasteiger partial charge in [0.15, 0.2) is 5.79 Å². The lowest BCUT2D eigenvalue weighted by Crippen LogP contribution is -2.42. The second kappa shape index (κ2) is 12.6. The van der Waals surface area contributed by atoms with Gasteiger partial charge in [0, 0.05) is 33.5 Å². The second-order valence-electron chi connectivity index (χ2n) is 8.82. The number of rotatable bonds is 11. The highest BCUT2D eigenvalue weighted by Gasteiger charge is 2.38. The molecule has 6 nitrogen and oxygen atoms in total. The predicted octanol–water partition coefficient (Wildman–Crippen LogP) is 4.56. The number of methoxy groups -OCH3 is 2. The normalized spacial score (nSPS) is 24.9. The maximum absolute atomic E-state index is 10.9. The molecular weight excluding hydrogens is 384 g/mol. The van der Waals surface area contributed by atoms with Crippen LogP contribution >= 0.6 is 0 Å². The fourth-order valence-electron chi connectivity index (χ4n) is 3.91. The first-order chi connectivity index (χ1) is 14.1. The van der Waals surface area contributed by atoms with Crippen LogP contribution in [-0.2, 0) is 23.7 Å². The lowest BCUT2D eigenvalue weighted by atomic mass is 9.85. The third-order valence-corrected chi connectivity index (χ3v) is 6.24. The van der Waals surface area contributed by atoms with Crippen molar-refractivity contribution >= 4 is 5.97 Å². The molecule has 1 aliphatic heterocycles. The molecule has 0 bridgehead atoms. The monoisotopic (exact) mass is 426 g/mol. The summed E-state index contributed by atoms with van der Waals surface area (Å²) < 4.78 is 22.7. The van der Waals surface area contributed by atoms with Gasteiger partial charge in [-0.1, -0.05) is 25.0 Å². The van der Waals surface area contributed by atoms with Crippen molar-refractivity contribution in [3.05, 3.63) is 23.3 Å². The number of aliphatic hydroxyl groups excluding tert-OH is 1. The van der Waals surface area contributed by atoms with Crippen molar-refractivity contribution in [2.75, 3.05) is 27.4 Å². The standard InChI is InChI=1S/C24H42O6/c1-18(2)12-15-24(27-6,28-7)19(3)9-8-14-23(5)22(26)11-10-21(17-30-23)13-16-29-20(4)25/h12-13,19,22,26H,8-11,14-17H2,1-7H3/b21-13+/t19?,22-,23+/m1/s1. The van der Waals surface area contributed by atoms with Crippen LogP contribution in [0, 0.1) is 5.92 Å². The quantitative estimate of drug-likeness (QED) is 0.297. The summed E-state index contributed by atoms with van der Waals surface area (Å²) >= 11 is 0. The molecule has 1 saturated heterocycles. The molecule has 0 aliphatic carbocycles. The van der Waals surface area contributed by atoms with Crippen LogP contribution in [0.25, 0.3) is 0 Å². The number of hydrogen-bond donors (Lipinski definition) is 1. The van der Waals surface area contributed by atoms with Gasteiger partial charge in [-0.2, -0.15) is 0 Å². The summed E-state index contributed by atoms with van der Waals surface area (Å²) in [5, 5.41) is 10.7. The van der Waals surface area contributed by atoms with E-state index < -0.39 is 17.5 Å². The Morgan fingerprint density at radius 2 is 2.00 bits per heavy atom. The Morgan fingerprint density at radius 3 is 2.57 bits per heavy atom. The van der Waals surface area contributed by atoms with Gasteiger partial charge in [0.25, 0.3) is 0 Å². The number of ether oxygens (including phenoxy) is 4. The summed E-state index contributed by atoms with van der Waals surface area (Å²) in [6.07, 6.45) is 8.13. The minimum absolute atomic E-state index is 0.189. The van der Waals surface area contributed by atoms with Crippen LogP contribution in [0.4, 0.5) is 0 Å². The molecule has 1 heterocycles. The van der Waals surface area contributed by atoms with E-state index in [0.717, 1.165) is 31.3 Å². The Labute approximate surface area is 182 Å². The highest BCUT2D eigenvalue weighted by atomic mass is 16.7. The summed E-state index contributed by atoms with van der Waals surface area (Å²) in [5.41, 5.74) is 1.70. The van der Waals surface area contributed by atoms with Gasteiger partial charge in [0.2, 0.25) is 0 Å². The van der Waals surface area contributed by atoms with Gasteiger partial charge in [-0.25, -0.2) is 0 Å². The highest BCUT2D eigenvalue weighted by molar-refractivity contribution is 5.66. The van der Waals surface area contributed by atoms with Crippen LogP contribution < -0.4 is 0 Å². The molecule has 6 heteroatoms. The molecule has 0 radical (unpaired) electrons. The average Bonchev–Trinajstić information content (AvgIpc) is 2.82. The summed E-state index contributed by atoms with van der Waals surface area (Å²) in [4.78, 5) is 10.9. The Bertz CT molecular complexity index is 589. The van der Waals surface area contributed by atoms with Crippen molar-refractivity contribution in [2.24, 2.45) is 5.92 Å². The Morgan fingerprint density at radius 1 is 1.33 bits per heavy atom. The summed E-state index contributed by atoms with van der Waals surface area (Å²) in [6.45, 7) is 10.4. The van der Waals surface area contributed by atoms with Crippen LogP contribution in [0.15, 0.2) is 23.3 Å². The molecule has 30 heavy (non-hydrogen) atoms. The zero-order valence-corrected chi connectivity index (χ0v) is 20.0. The van der Waals surface area contributed by atoms with Crippen LogP contribution in [0.3, 0.4) is 0 Å². The summed E-state index contributed by atoms with van der Waals surface area (Å²) in [7, 11) is 3.39. The molecule has 1 unspecified atom stereocenters. The van der Waals surface area contributed by atoms with E-state index in [1.54, 1.807) is 14.2 Å². The molecule has 174 valence electrons. The third kappa shape index (κ3) is 8.14. The number of allylic oxidation sites excluding steroid dienone is 1. The molecule has 1 aliphatic rings. The molecule has 0 saturated carbocycles. The van der Waals surface area contributed by atoms with Crippen molar-refractivity contribution in [2.45, 2.75) is 90.6 Å². The minimum Gasteiger partial charge on any atom is -0.462 e. The second-order valence-corrected chi connectivity index (χ2v) is 8.82. The van der Waals surface area contributed by atoms with Gasteiger partial charge in [-0.15, -0.1) is 0 Å². The van der Waals surface area contributed by atoms with E-state index in [1.165, 1.54) is 12.5 Å². The Balaban J connectivity index is 2.66. The predicted molar refractivity (Wildman–Crippen MR) is 118 cm³/mol. The molecule has 3 atom stereocenters. The van der Waals surface area contributed by atoms with E-state index in [2.05, 4.69) is 26.8 Å². The van der Waals surface area contributed by atoms with Crippen molar-refractivity contribution in [1.29, 1.82) is 0 Å². The molecular formula is C24H42O6. The van der Waals surface area contributed by atoms with Gasteiger partial charge in [-0.05, 0) is 58.1 Å². The zero-order chi connectivity index (χ0) is 22.8. The van der Waals surface area contributed by atoms with Gasteiger partial charge in [0.1, 0.15) is 6.61 Å². The Hall–Kier alpha value is -1.21. The summed E-state index contributed by atoms with van der Waals surface area (Å²) in [6, 6.07) is 0. The van der Waals surface area contributed by atoms with Crippen LogP contribution in [0.2, 0.25) is 0 Å². The van der Waals surface area contributed by atoms with Crippen LogP contribution in [0.1, 0.15) is 73.1 Å². The zero-order valence-electron chi connectivity index (χ0n) is 20.0. The van der Waals surface area contributed by atoms with Crippen LogP contribution in [-0.4, -0.2) is 56.0 Å². The van der Waals surface area contributed by atoms with Gasteiger partial charge in [-0.3, -0.25) is 4.79 Å². The van der Waals surface area contributed by atoms with E-state index in [9.17, 15) is 9.90 Å². The molecule has 0 amide bonds. The van der Waals surface area contributed by atoms with Gasteiger partial charge >= 0.3 is 5.97 Å². The van der Waals surface area contributed by atoms with Crippen molar-refractivity contribution in [3.8, 4) is 0 Å².